The van der Waals surface area contributed by atoms with Crippen molar-refractivity contribution in [3.8, 4) is 0 Å². The zero-order valence-electron chi connectivity index (χ0n) is 6.71. The SMILES string of the molecule is CC(=O)/C=C/c1ccc(CCl)o1. The first kappa shape index (κ1) is 9.07. The van der Waals surface area contributed by atoms with Crippen LogP contribution in [-0.4, -0.2) is 5.78 Å². The molecule has 0 radical (unpaired) electrons. The minimum atomic E-state index is -0.00109. The van der Waals surface area contributed by atoms with Crippen molar-refractivity contribution in [3.63, 3.8) is 0 Å². The fourth-order valence-electron chi connectivity index (χ4n) is 0.755. The maximum absolute atomic E-state index is 10.5. The standard InChI is InChI=1S/C9H9ClO2/c1-7(11)2-3-8-4-5-9(6-10)12-8/h2-5H,6H2,1H3/b3-2+. The molecule has 0 fully saturated rings. The van der Waals surface area contributed by atoms with Crippen molar-refractivity contribution < 1.29 is 9.21 Å². The summed E-state index contributed by atoms with van der Waals surface area (Å²) in [7, 11) is 0. The molecule has 1 rings (SSSR count). The van der Waals surface area contributed by atoms with Crippen LogP contribution in [0.15, 0.2) is 22.6 Å². The van der Waals surface area contributed by atoms with Crippen LogP contribution in [-0.2, 0) is 10.7 Å². The van der Waals surface area contributed by atoms with Gasteiger partial charge < -0.3 is 4.42 Å². The van der Waals surface area contributed by atoms with Gasteiger partial charge >= 0.3 is 0 Å². The third-order valence-corrected chi connectivity index (χ3v) is 1.56. The van der Waals surface area contributed by atoms with Crippen molar-refractivity contribution in [2.24, 2.45) is 0 Å². The van der Waals surface area contributed by atoms with Gasteiger partial charge in [-0.05, 0) is 31.2 Å². The van der Waals surface area contributed by atoms with E-state index in [1.54, 1.807) is 18.2 Å². The number of hydrogen-bond acceptors (Lipinski definition) is 2. The molecule has 0 aliphatic carbocycles. The highest BCUT2D eigenvalue weighted by atomic mass is 35.5. The maximum Gasteiger partial charge on any atom is 0.152 e. The van der Waals surface area contributed by atoms with Gasteiger partial charge in [0.05, 0.1) is 5.88 Å². The topological polar surface area (TPSA) is 30.2 Å². The van der Waals surface area contributed by atoms with Crippen LogP contribution in [0.1, 0.15) is 18.4 Å². The minimum Gasteiger partial charge on any atom is -0.460 e. The first-order valence-corrected chi connectivity index (χ1v) is 4.09. The lowest BCUT2D eigenvalue weighted by Gasteiger charge is -1.85. The molecule has 0 bridgehead atoms. The molecule has 0 N–H and O–H groups in total. The highest BCUT2D eigenvalue weighted by molar-refractivity contribution is 6.16. The van der Waals surface area contributed by atoms with Gasteiger partial charge in [0, 0.05) is 0 Å². The van der Waals surface area contributed by atoms with Crippen LogP contribution in [0.5, 0.6) is 0 Å². The van der Waals surface area contributed by atoms with E-state index >= 15 is 0 Å². The summed E-state index contributed by atoms with van der Waals surface area (Å²) in [5, 5.41) is 0. The van der Waals surface area contributed by atoms with Gasteiger partial charge in [-0.2, -0.15) is 0 Å². The number of allylic oxidation sites excluding steroid dienone is 1. The van der Waals surface area contributed by atoms with E-state index in [4.69, 9.17) is 16.0 Å². The molecule has 0 unspecified atom stereocenters. The summed E-state index contributed by atoms with van der Waals surface area (Å²) in [5.41, 5.74) is 0. The summed E-state index contributed by atoms with van der Waals surface area (Å²) in [6.07, 6.45) is 3.08. The smallest absolute Gasteiger partial charge is 0.152 e. The fraction of sp³-hybridized carbons (Fsp3) is 0.222. The van der Waals surface area contributed by atoms with Gasteiger partial charge in [-0.25, -0.2) is 0 Å². The highest BCUT2D eigenvalue weighted by Crippen LogP contribution is 2.11. The summed E-state index contributed by atoms with van der Waals surface area (Å²) in [4.78, 5) is 10.5. The highest BCUT2D eigenvalue weighted by Gasteiger charge is 1.96. The molecule has 0 aromatic carbocycles. The number of furan rings is 1. The predicted octanol–water partition coefficient (Wildman–Crippen LogP) is 2.62. The molecule has 0 saturated carbocycles. The molecule has 2 nitrogen and oxygen atoms in total. The molecule has 0 saturated heterocycles. The van der Waals surface area contributed by atoms with Crippen LogP contribution < -0.4 is 0 Å². The summed E-state index contributed by atoms with van der Waals surface area (Å²) in [6.45, 7) is 1.49. The van der Waals surface area contributed by atoms with Crippen LogP contribution in [0.2, 0.25) is 0 Å². The average molecular weight is 185 g/mol. The lowest BCUT2D eigenvalue weighted by molar-refractivity contribution is -0.112. The Morgan fingerprint density at radius 1 is 1.67 bits per heavy atom. The second-order valence-electron chi connectivity index (χ2n) is 2.38. The van der Waals surface area contributed by atoms with Gasteiger partial charge in [-0.15, -0.1) is 11.6 Å². The van der Waals surface area contributed by atoms with E-state index in [2.05, 4.69) is 0 Å². The summed E-state index contributed by atoms with van der Waals surface area (Å²) in [5.74, 6) is 1.72. The number of carbonyl (C=O) groups is 1. The lowest BCUT2D eigenvalue weighted by Crippen LogP contribution is -1.78. The number of alkyl halides is 1. The molecule has 0 atom stereocenters. The number of ketones is 1. The molecule has 0 aliphatic rings. The molecule has 1 heterocycles. The number of hydrogen-bond donors (Lipinski definition) is 0. The van der Waals surface area contributed by atoms with Crippen molar-refractivity contribution in [1.29, 1.82) is 0 Å². The molecule has 1 aromatic rings. The van der Waals surface area contributed by atoms with Crippen LogP contribution >= 0.6 is 11.6 Å². The lowest BCUT2D eigenvalue weighted by atomic mass is 10.3. The van der Waals surface area contributed by atoms with Gasteiger partial charge in [-0.1, -0.05) is 0 Å². The average Bonchev–Trinajstić information content (AvgIpc) is 2.48. The monoisotopic (exact) mass is 184 g/mol. The molecular formula is C9H9ClO2. The zero-order valence-corrected chi connectivity index (χ0v) is 7.47. The Hall–Kier alpha value is -1.02. The van der Waals surface area contributed by atoms with Gasteiger partial charge in [0.25, 0.3) is 0 Å². The Labute approximate surface area is 75.8 Å². The largest absolute Gasteiger partial charge is 0.460 e. The normalized spacial score (nSPS) is 10.8. The third-order valence-electron chi connectivity index (χ3n) is 1.30. The van der Waals surface area contributed by atoms with Crippen molar-refractivity contribution in [1.82, 2.24) is 0 Å². The third kappa shape index (κ3) is 2.55. The quantitative estimate of drug-likeness (QED) is 0.534. The van der Waals surface area contributed by atoms with Crippen LogP contribution in [0.25, 0.3) is 6.08 Å². The van der Waals surface area contributed by atoms with Gasteiger partial charge in [0.1, 0.15) is 11.5 Å². The Balaban J connectivity index is 2.70. The van der Waals surface area contributed by atoms with Crippen molar-refractivity contribution >= 4 is 23.5 Å². The second kappa shape index (κ2) is 4.12. The maximum atomic E-state index is 10.5. The molecule has 0 spiro atoms. The fourth-order valence-corrected chi connectivity index (χ4v) is 0.899. The second-order valence-corrected chi connectivity index (χ2v) is 2.65. The van der Waals surface area contributed by atoms with Crippen molar-refractivity contribution in [3.05, 3.63) is 29.7 Å². The van der Waals surface area contributed by atoms with Crippen LogP contribution in [0, 0.1) is 0 Å². The molecule has 1 aromatic heterocycles. The summed E-state index contributed by atoms with van der Waals surface area (Å²) in [6, 6.07) is 3.56. The van der Waals surface area contributed by atoms with Crippen LogP contribution in [0.3, 0.4) is 0 Å². The van der Waals surface area contributed by atoms with E-state index < -0.39 is 0 Å². The van der Waals surface area contributed by atoms with E-state index in [1.807, 2.05) is 0 Å². The van der Waals surface area contributed by atoms with E-state index in [1.165, 1.54) is 13.0 Å². The predicted molar refractivity (Wildman–Crippen MR) is 48.0 cm³/mol. The first-order chi connectivity index (χ1) is 5.72. The van der Waals surface area contributed by atoms with Gasteiger partial charge in [0.15, 0.2) is 5.78 Å². The Morgan fingerprint density at radius 3 is 2.92 bits per heavy atom. The van der Waals surface area contributed by atoms with E-state index in [9.17, 15) is 4.79 Å². The van der Waals surface area contributed by atoms with Crippen molar-refractivity contribution in [2.75, 3.05) is 0 Å². The first-order valence-electron chi connectivity index (χ1n) is 3.55. The molecule has 3 heteroatoms. The minimum absolute atomic E-state index is 0.00109. The van der Waals surface area contributed by atoms with E-state index in [-0.39, 0.29) is 5.78 Å². The molecule has 0 aliphatic heterocycles. The Bertz CT molecular complexity index is 299. The zero-order chi connectivity index (χ0) is 8.97. The van der Waals surface area contributed by atoms with E-state index in [0.717, 1.165) is 0 Å². The number of rotatable bonds is 3. The molecule has 12 heavy (non-hydrogen) atoms. The molecule has 0 amide bonds. The number of halogens is 1. The Morgan fingerprint density at radius 2 is 2.42 bits per heavy atom. The van der Waals surface area contributed by atoms with Gasteiger partial charge in [-0.3, -0.25) is 4.79 Å². The summed E-state index contributed by atoms with van der Waals surface area (Å²) >= 11 is 5.52. The van der Waals surface area contributed by atoms with E-state index in [0.29, 0.717) is 17.4 Å². The van der Waals surface area contributed by atoms with Gasteiger partial charge in [0.2, 0.25) is 0 Å². The van der Waals surface area contributed by atoms with Crippen LogP contribution in [0.4, 0.5) is 0 Å². The Kier molecular flexibility index (Phi) is 3.11. The summed E-state index contributed by atoms with van der Waals surface area (Å²) < 4.78 is 5.21. The number of carbonyl (C=O) groups excluding carboxylic acids is 1. The molecular weight excluding hydrogens is 176 g/mol. The molecule has 64 valence electrons. The van der Waals surface area contributed by atoms with Crippen molar-refractivity contribution in [2.45, 2.75) is 12.8 Å².